The maximum atomic E-state index is 12.9. The number of pyridine rings is 1. The predicted octanol–water partition coefficient (Wildman–Crippen LogP) is 2.97. The smallest absolute Gasteiger partial charge is 0.276 e. The molecule has 6 nitrogen and oxygen atoms in total. The number of methoxy groups -OCH3 is 1. The Bertz CT molecular complexity index is 915. The fourth-order valence-electron chi connectivity index (χ4n) is 2.78. The molecule has 2 heterocycles. The van der Waals surface area contributed by atoms with Crippen LogP contribution in [0.5, 0.6) is 5.75 Å². The van der Waals surface area contributed by atoms with Crippen molar-refractivity contribution in [3.63, 3.8) is 0 Å². The molecule has 0 fully saturated rings. The summed E-state index contributed by atoms with van der Waals surface area (Å²) >= 11 is 0. The van der Waals surface area contributed by atoms with Crippen molar-refractivity contribution in [3.8, 4) is 5.75 Å². The minimum Gasteiger partial charge on any atom is -0.495 e. The van der Waals surface area contributed by atoms with Crippen molar-refractivity contribution in [2.24, 2.45) is 0 Å². The van der Waals surface area contributed by atoms with Gasteiger partial charge in [0.15, 0.2) is 5.69 Å². The number of fused-ring (bicyclic) bond motifs is 1. The Balaban J connectivity index is 2.01. The summed E-state index contributed by atoms with van der Waals surface area (Å²) in [5.41, 5.74) is 3.70. The molecule has 0 spiro atoms. The molecule has 0 aliphatic carbocycles. The third-order valence-corrected chi connectivity index (χ3v) is 3.91. The first-order valence-corrected chi connectivity index (χ1v) is 8.06. The summed E-state index contributed by atoms with van der Waals surface area (Å²) < 4.78 is 7.29. The van der Waals surface area contributed by atoms with E-state index >= 15 is 0 Å². The molecule has 25 heavy (non-hydrogen) atoms. The lowest BCUT2D eigenvalue weighted by Crippen LogP contribution is -2.19. The normalized spacial score (nSPS) is 11.1. The summed E-state index contributed by atoms with van der Waals surface area (Å²) in [7, 11) is 5.52. The van der Waals surface area contributed by atoms with Crippen molar-refractivity contribution in [1.82, 2.24) is 14.3 Å². The standard InChI is InChI=1S/C19H22N4O2/c1-13-8-9-16(25-4)14(11-13)20-19(24)18-15(12-22(2)3)23-10-6-5-7-17(23)21-18/h5-11H,12H2,1-4H3,(H,20,24). The van der Waals surface area contributed by atoms with Gasteiger partial charge in [-0.15, -0.1) is 0 Å². The zero-order valence-electron chi connectivity index (χ0n) is 14.9. The van der Waals surface area contributed by atoms with Crippen LogP contribution in [0.3, 0.4) is 0 Å². The van der Waals surface area contributed by atoms with Crippen LogP contribution in [0.1, 0.15) is 21.7 Å². The number of hydrogen-bond donors (Lipinski definition) is 1. The van der Waals surface area contributed by atoms with Gasteiger partial charge < -0.3 is 19.4 Å². The lowest BCUT2D eigenvalue weighted by atomic mass is 10.2. The molecule has 1 N–H and O–H groups in total. The third kappa shape index (κ3) is 3.49. The molecular weight excluding hydrogens is 316 g/mol. The Morgan fingerprint density at radius 3 is 2.80 bits per heavy atom. The maximum Gasteiger partial charge on any atom is 0.276 e. The minimum atomic E-state index is -0.246. The highest BCUT2D eigenvalue weighted by atomic mass is 16.5. The van der Waals surface area contributed by atoms with Gasteiger partial charge in [-0.3, -0.25) is 4.79 Å². The van der Waals surface area contributed by atoms with E-state index in [1.807, 2.05) is 72.9 Å². The molecule has 0 unspecified atom stereocenters. The predicted molar refractivity (Wildman–Crippen MR) is 98.3 cm³/mol. The lowest BCUT2D eigenvalue weighted by molar-refractivity contribution is 0.102. The van der Waals surface area contributed by atoms with Crippen LogP contribution in [0.2, 0.25) is 0 Å². The summed E-state index contributed by atoms with van der Waals surface area (Å²) in [6.45, 7) is 2.58. The van der Waals surface area contributed by atoms with Gasteiger partial charge in [-0.2, -0.15) is 0 Å². The number of imidazole rings is 1. The van der Waals surface area contributed by atoms with E-state index < -0.39 is 0 Å². The molecule has 0 radical (unpaired) electrons. The number of aryl methyl sites for hydroxylation is 1. The molecule has 3 rings (SSSR count). The number of rotatable bonds is 5. The molecule has 0 saturated carbocycles. The van der Waals surface area contributed by atoms with Crippen molar-refractivity contribution < 1.29 is 9.53 Å². The highest BCUT2D eigenvalue weighted by molar-refractivity contribution is 6.05. The quantitative estimate of drug-likeness (QED) is 0.777. The molecule has 0 aliphatic heterocycles. The van der Waals surface area contributed by atoms with Crippen molar-refractivity contribution in [1.29, 1.82) is 0 Å². The number of ether oxygens (including phenoxy) is 1. The summed E-state index contributed by atoms with van der Waals surface area (Å²) in [6, 6.07) is 11.4. The molecule has 2 aromatic heterocycles. The second kappa shape index (κ2) is 6.94. The van der Waals surface area contributed by atoms with E-state index in [1.165, 1.54) is 0 Å². The molecule has 0 atom stereocenters. The van der Waals surface area contributed by atoms with E-state index in [0.29, 0.717) is 23.7 Å². The fraction of sp³-hybridized carbons (Fsp3) is 0.263. The third-order valence-electron chi connectivity index (χ3n) is 3.91. The van der Waals surface area contributed by atoms with Gasteiger partial charge in [-0.25, -0.2) is 4.98 Å². The molecule has 6 heteroatoms. The van der Waals surface area contributed by atoms with Crippen molar-refractivity contribution >= 4 is 17.2 Å². The Kier molecular flexibility index (Phi) is 4.72. The molecule has 3 aromatic rings. The maximum absolute atomic E-state index is 12.9. The van der Waals surface area contributed by atoms with E-state index in [-0.39, 0.29) is 5.91 Å². The summed E-state index contributed by atoms with van der Waals surface area (Å²) in [4.78, 5) is 19.4. The highest BCUT2D eigenvalue weighted by Gasteiger charge is 2.20. The van der Waals surface area contributed by atoms with Gasteiger partial charge in [0.05, 0.1) is 18.5 Å². The number of hydrogen-bond acceptors (Lipinski definition) is 4. The SMILES string of the molecule is COc1ccc(C)cc1NC(=O)c1nc2ccccn2c1CN(C)C. The van der Waals surface area contributed by atoms with Gasteiger partial charge in [-0.1, -0.05) is 12.1 Å². The molecule has 0 saturated heterocycles. The number of carbonyl (C=O) groups is 1. The van der Waals surface area contributed by atoms with E-state index in [2.05, 4.69) is 10.3 Å². The monoisotopic (exact) mass is 338 g/mol. The lowest BCUT2D eigenvalue weighted by Gasteiger charge is -2.13. The van der Waals surface area contributed by atoms with E-state index in [9.17, 15) is 4.79 Å². The van der Waals surface area contributed by atoms with Crippen molar-refractivity contribution in [2.45, 2.75) is 13.5 Å². The van der Waals surface area contributed by atoms with Gasteiger partial charge in [0, 0.05) is 12.7 Å². The molecule has 0 aliphatic rings. The summed E-state index contributed by atoms with van der Waals surface area (Å²) in [5, 5.41) is 2.93. The number of carbonyl (C=O) groups excluding carboxylic acids is 1. The number of benzene rings is 1. The fourth-order valence-corrected chi connectivity index (χ4v) is 2.78. The van der Waals surface area contributed by atoms with Gasteiger partial charge in [0.25, 0.3) is 5.91 Å². The number of nitrogens with zero attached hydrogens (tertiary/aromatic N) is 3. The zero-order valence-corrected chi connectivity index (χ0v) is 14.9. The van der Waals surface area contributed by atoms with E-state index in [0.717, 1.165) is 16.9 Å². The van der Waals surface area contributed by atoms with Crippen LogP contribution in [-0.4, -0.2) is 41.4 Å². The Labute approximate surface area is 147 Å². The average molecular weight is 338 g/mol. The Hall–Kier alpha value is -2.86. The second-order valence-corrected chi connectivity index (χ2v) is 6.23. The Morgan fingerprint density at radius 1 is 1.28 bits per heavy atom. The van der Waals surface area contributed by atoms with Crippen LogP contribution < -0.4 is 10.1 Å². The van der Waals surface area contributed by atoms with Crippen LogP contribution in [0.25, 0.3) is 5.65 Å². The van der Waals surface area contributed by atoms with Crippen LogP contribution in [0.4, 0.5) is 5.69 Å². The van der Waals surface area contributed by atoms with Crippen LogP contribution >= 0.6 is 0 Å². The minimum absolute atomic E-state index is 0.246. The summed E-state index contributed by atoms with van der Waals surface area (Å²) in [5.74, 6) is 0.376. The van der Waals surface area contributed by atoms with E-state index in [1.54, 1.807) is 7.11 Å². The van der Waals surface area contributed by atoms with Gasteiger partial charge in [0.1, 0.15) is 11.4 Å². The van der Waals surface area contributed by atoms with Crippen LogP contribution in [0, 0.1) is 6.92 Å². The highest BCUT2D eigenvalue weighted by Crippen LogP contribution is 2.26. The molecular formula is C19H22N4O2. The average Bonchev–Trinajstić information content (AvgIpc) is 2.93. The topological polar surface area (TPSA) is 58.9 Å². The largest absolute Gasteiger partial charge is 0.495 e. The molecule has 1 aromatic carbocycles. The molecule has 1 amide bonds. The number of amides is 1. The van der Waals surface area contributed by atoms with Crippen molar-refractivity contribution in [2.75, 3.05) is 26.5 Å². The molecule has 0 bridgehead atoms. The van der Waals surface area contributed by atoms with Gasteiger partial charge in [0.2, 0.25) is 0 Å². The van der Waals surface area contributed by atoms with E-state index in [4.69, 9.17) is 4.74 Å². The van der Waals surface area contributed by atoms with Crippen molar-refractivity contribution in [3.05, 3.63) is 59.5 Å². The zero-order chi connectivity index (χ0) is 18.0. The number of nitrogens with one attached hydrogen (secondary N) is 1. The second-order valence-electron chi connectivity index (χ2n) is 6.23. The van der Waals surface area contributed by atoms with Crippen LogP contribution in [-0.2, 0) is 6.54 Å². The van der Waals surface area contributed by atoms with Crippen LogP contribution in [0.15, 0.2) is 42.6 Å². The summed E-state index contributed by atoms with van der Waals surface area (Å²) in [6.07, 6.45) is 1.92. The first kappa shape index (κ1) is 17.0. The molecule has 130 valence electrons. The Morgan fingerprint density at radius 2 is 2.08 bits per heavy atom. The number of aromatic nitrogens is 2. The van der Waals surface area contributed by atoms with Gasteiger partial charge >= 0.3 is 0 Å². The number of anilines is 1. The first-order chi connectivity index (χ1) is 12.0. The first-order valence-electron chi connectivity index (χ1n) is 8.06. The van der Waals surface area contributed by atoms with Gasteiger partial charge in [-0.05, 0) is 50.8 Å².